The van der Waals surface area contributed by atoms with Crippen LogP contribution >= 0.6 is 0 Å². The van der Waals surface area contributed by atoms with E-state index in [2.05, 4.69) is 76.3 Å². The number of benzene rings is 1. The summed E-state index contributed by atoms with van der Waals surface area (Å²) in [6, 6.07) is 9.36. The molecule has 0 atom stereocenters. The molecule has 0 amide bonds. The third-order valence-electron chi connectivity index (χ3n) is 5.37. The summed E-state index contributed by atoms with van der Waals surface area (Å²) in [4.78, 5) is 0. The number of aromatic amines is 1. The number of H-pyrrole nitrogens is 1. The highest BCUT2D eigenvalue weighted by Crippen LogP contribution is 2.37. The Kier molecular flexibility index (Phi) is 5.68. The Morgan fingerprint density at radius 1 is 1.00 bits per heavy atom. The molecule has 1 heterocycles. The number of nitrogens with zero attached hydrogens (tertiary/aromatic N) is 3. The minimum absolute atomic E-state index is 0.455. The third kappa shape index (κ3) is 5.26. The first-order chi connectivity index (χ1) is 12.0. The molecule has 1 aliphatic rings. The molecule has 25 heavy (non-hydrogen) atoms. The van der Waals surface area contributed by atoms with Crippen molar-refractivity contribution in [1.82, 2.24) is 25.9 Å². The van der Waals surface area contributed by atoms with E-state index in [-0.39, 0.29) is 0 Å². The highest BCUT2D eigenvalue weighted by Gasteiger charge is 2.29. The Balaban J connectivity index is 1.40. The first-order valence-electron chi connectivity index (χ1n) is 9.29. The van der Waals surface area contributed by atoms with E-state index in [1.807, 2.05) is 0 Å². The molecule has 1 saturated carbocycles. The van der Waals surface area contributed by atoms with Gasteiger partial charge in [0.15, 0.2) is 0 Å². The van der Waals surface area contributed by atoms with Gasteiger partial charge >= 0.3 is 0 Å². The summed E-state index contributed by atoms with van der Waals surface area (Å²) in [6.07, 6.45) is 5.30. The van der Waals surface area contributed by atoms with Crippen LogP contribution in [-0.4, -0.2) is 26.7 Å². The number of rotatable bonds is 6. The van der Waals surface area contributed by atoms with Crippen molar-refractivity contribution in [3.05, 3.63) is 35.4 Å². The lowest BCUT2D eigenvalue weighted by Crippen LogP contribution is -2.35. The maximum absolute atomic E-state index is 3.88. The van der Waals surface area contributed by atoms with E-state index in [0.717, 1.165) is 12.5 Å². The van der Waals surface area contributed by atoms with Crippen molar-refractivity contribution in [3.63, 3.8) is 0 Å². The topological polar surface area (TPSA) is 78.5 Å². The molecule has 0 unspecified atom stereocenters. The predicted molar refractivity (Wildman–Crippen MR) is 100.0 cm³/mol. The molecule has 0 radical (unpaired) electrons. The zero-order valence-corrected chi connectivity index (χ0v) is 15.5. The minimum Gasteiger partial charge on any atom is -0.348 e. The molecule has 1 aliphatic carbocycles. The Morgan fingerprint density at radius 2 is 1.64 bits per heavy atom. The fourth-order valence-electron chi connectivity index (χ4n) is 3.62. The van der Waals surface area contributed by atoms with Crippen LogP contribution in [0.25, 0.3) is 0 Å². The van der Waals surface area contributed by atoms with Gasteiger partial charge in [-0.15, -0.1) is 5.10 Å². The molecule has 1 aromatic carbocycles. The highest BCUT2D eigenvalue weighted by molar-refractivity contribution is 5.27. The molecule has 0 bridgehead atoms. The fraction of sp³-hybridized carbons (Fsp3) is 0.632. The van der Waals surface area contributed by atoms with Crippen molar-refractivity contribution in [2.45, 2.75) is 65.6 Å². The van der Waals surface area contributed by atoms with Crippen LogP contribution in [0.4, 0.5) is 5.95 Å². The SMILES string of the molecule is CC(C)(C)C1CCC(NCc2ccc(CNc3nn[nH]n3)cc2)CC1. The van der Waals surface area contributed by atoms with Gasteiger partial charge in [0.05, 0.1) is 0 Å². The molecule has 0 saturated heterocycles. The molecule has 6 nitrogen and oxygen atoms in total. The Labute approximate surface area is 150 Å². The summed E-state index contributed by atoms with van der Waals surface area (Å²) in [5.74, 6) is 1.40. The van der Waals surface area contributed by atoms with E-state index in [9.17, 15) is 0 Å². The molecule has 2 aromatic rings. The highest BCUT2D eigenvalue weighted by atomic mass is 15.5. The van der Waals surface area contributed by atoms with Crippen LogP contribution in [0.5, 0.6) is 0 Å². The zero-order chi connectivity index (χ0) is 17.7. The Bertz CT molecular complexity index is 621. The first-order valence-corrected chi connectivity index (χ1v) is 9.29. The second kappa shape index (κ2) is 7.95. The minimum atomic E-state index is 0.455. The lowest BCUT2D eigenvalue weighted by molar-refractivity contribution is 0.160. The van der Waals surface area contributed by atoms with Gasteiger partial charge in [-0.25, -0.2) is 0 Å². The van der Waals surface area contributed by atoms with Crippen LogP contribution in [0.15, 0.2) is 24.3 Å². The second-order valence-electron chi connectivity index (χ2n) is 8.20. The average molecular weight is 342 g/mol. The lowest BCUT2D eigenvalue weighted by Gasteiger charge is -2.37. The van der Waals surface area contributed by atoms with Crippen molar-refractivity contribution in [1.29, 1.82) is 0 Å². The quantitative estimate of drug-likeness (QED) is 0.749. The molecule has 0 aliphatic heterocycles. The van der Waals surface area contributed by atoms with Gasteiger partial charge in [-0.05, 0) is 53.4 Å². The Hall–Kier alpha value is -1.95. The first kappa shape index (κ1) is 17.9. The molecule has 1 aromatic heterocycles. The van der Waals surface area contributed by atoms with Gasteiger partial charge in [0, 0.05) is 19.1 Å². The molecule has 3 rings (SSSR count). The molecule has 3 N–H and O–H groups in total. The van der Waals surface area contributed by atoms with E-state index >= 15 is 0 Å². The summed E-state index contributed by atoms with van der Waals surface area (Å²) in [7, 11) is 0. The summed E-state index contributed by atoms with van der Waals surface area (Å²) < 4.78 is 0. The standard InChI is InChI=1S/C19H30N6/c1-19(2,3)16-8-10-17(11-9-16)20-12-14-4-6-15(7-5-14)13-21-18-22-24-25-23-18/h4-7,16-17,20H,8-13H2,1-3H3,(H2,21,22,23,24,25). The predicted octanol–water partition coefficient (Wildman–Crippen LogP) is 3.51. The third-order valence-corrected chi connectivity index (χ3v) is 5.37. The van der Waals surface area contributed by atoms with Gasteiger partial charge in [-0.2, -0.15) is 5.21 Å². The van der Waals surface area contributed by atoms with E-state index in [1.165, 1.54) is 36.8 Å². The van der Waals surface area contributed by atoms with Crippen LogP contribution in [0.3, 0.4) is 0 Å². The fourth-order valence-corrected chi connectivity index (χ4v) is 3.62. The van der Waals surface area contributed by atoms with E-state index < -0.39 is 0 Å². The molecular weight excluding hydrogens is 312 g/mol. The van der Waals surface area contributed by atoms with Crippen molar-refractivity contribution in [3.8, 4) is 0 Å². The van der Waals surface area contributed by atoms with Crippen LogP contribution in [0, 0.1) is 11.3 Å². The monoisotopic (exact) mass is 342 g/mol. The van der Waals surface area contributed by atoms with Crippen molar-refractivity contribution >= 4 is 5.95 Å². The maximum atomic E-state index is 3.88. The summed E-state index contributed by atoms with van der Waals surface area (Å²) in [6.45, 7) is 8.77. The van der Waals surface area contributed by atoms with Gasteiger partial charge in [0.25, 0.3) is 5.95 Å². The molecule has 136 valence electrons. The van der Waals surface area contributed by atoms with Crippen LogP contribution in [0.2, 0.25) is 0 Å². The lowest BCUT2D eigenvalue weighted by atomic mass is 9.71. The van der Waals surface area contributed by atoms with Gasteiger partial charge in [-0.1, -0.05) is 50.1 Å². The molecule has 6 heteroatoms. The molecule has 1 fully saturated rings. The van der Waals surface area contributed by atoms with Crippen molar-refractivity contribution in [2.75, 3.05) is 5.32 Å². The molecule has 0 spiro atoms. The van der Waals surface area contributed by atoms with Crippen molar-refractivity contribution < 1.29 is 0 Å². The van der Waals surface area contributed by atoms with Crippen LogP contribution < -0.4 is 10.6 Å². The summed E-state index contributed by atoms with van der Waals surface area (Å²) in [5, 5.41) is 20.6. The van der Waals surface area contributed by atoms with Crippen molar-refractivity contribution in [2.24, 2.45) is 11.3 Å². The zero-order valence-electron chi connectivity index (χ0n) is 15.5. The summed E-state index contributed by atoms with van der Waals surface area (Å²) >= 11 is 0. The van der Waals surface area contributed by atoms with Crippen LogP contribution in [-0.2, 0) is 13.1 Å². The number of nitrogens with one attached hydrogen (secondary N) is 3. The molecular formula is C19H30N6. The van der Waals surface area contributed by atoms with E-state index in [0.29, 0.717) is 23.9 Å². The Morgan fingerprint density at radius 3 is 2.20 bits per heavy atom. The van der Waals surface area contributed by atoms with E-state index in [1.54, 1.807) is 0 Å². The average Bonchev–Trinajstić information content (AvgIpc) is 3.12. The largest absolute Gasteiger partial charge is 0.348 e. The number of aromatic nitrogens is 4. The van der Waals surface area contributed by atoms with Gasteiger partial charge < -0.3 is 10.6 Å². The van der Waals surface area contributed by atoms with Crippen LogP contribution in [0.1, 0.15) is 57.6 Å². The number of tetrazole rings is 1. The van der Waals surface area contributed by atoms with Gasteiger partial charge in [-0.3, -0.25) is 0 Å². The smallest absolute Gasteiger partial charge is 0.263 e. The number of hydrogen-bond donors (Lipinski definition) is 3. The number of hydrogen-bond acceptors (Lipinski definition) is 5. The van der Waals surface area contributed by atoms with E-state index in [4.69, 9.17) is 0 Å². The van der Waals surface area contributed by atoms with Gasteiger partial charge in [0.2, 0.25) is 0 Å². The maximum Gasteiger partial charge on any atom is 0.263 e. The second-order valence-corrected chi connectivity index (χ2v) is 8.20. The number of anilines is 1. The summed E-state index contributed by atoms with van der Waals surface area (Å²) in [5.41, 5.74) is 3.00. The normalized spacial score (nSPS) is 21.2. The van der Waals surface area contributed by atoms with Gasteiger partial charge in [0.1, 0.15) is 0 Å².